The van der Waals surface area contributed by atoms with Gasteiger partial charge in [-0.2, -0.15) is 5.10 Å². The Hall–Kier alpha value is -3.59. The van der Waals surface area contributed by atoms with Gasteiger partial charge in [0.25, 0.3) is 0 Å². The maximum atomic E-state index is 11.6. The summed E-state index contributed by atoms with van der Waals surface area (Å²) < 4.78 is 22.3. The lowest BCUT2D eigenvalue weighted by Gasteiger charge is -2.13. The summed E-state index contributed by atoms with van der Waals surface area (Å²) in [5.74, 6) is 1.85. The van der Waals surface area contributed by atoms with E-state index < -0.39 is 0 Å². The van der Waals surface area contributed by atoms with Gasteiger partial charge < -0.3 is 24.4 Å². The van der Waals surface area contributed by atoms with Crippen molar-refractivity contribution < 1.29 is 23.4 Å². The van der Waals surface area contributed by atoms with Gasteiger partial charge in [0.05, 0.1) is 27.0 Å². The highest BCUT2D eigenvalue weighted by molar-refractivity contribution is 6.07. The van der Waals surface area contributed by atoms with Crippen molar-refractivity contribution in [2.45, 2.75) is 13.3 Å². The number of nitrogens with two attached hydrogens (primary N) is 1. The molecule has 2 heterocycles. The molecule has 0 aliphatic rings. The number of furan rings is 1. The highest BCUT2D eigenvalue weighted by atomic mass is 16.5. The summed E-state index contributed by atoms with van der Waals surface area (Å²) >= 11 is 0. The van der Waals surface area contributed by atoms with Crippen LogP contribution in [-0.2, 0) is 4.79 Å². The fourth-order valence-corrected chi connectivity index (χ4v) is 2.98. The van der Waals surface area contributed by atoms with Crippen molar-refractivity contribution in [3.05, 3.63) is 36.0 Å². The van der Waals surface area contributed by atoms with Gasteiger partial charge >= 0.3 is 0 Å². The first-order valence-corrected chi connectivity index (χ1v) is 9.24. The largest absolute Gasteiger partial charge is 0.493 e. The van der Waals surface area contributed by atoms with E-state index in [1.807, 2.05) is 6.07 Å². The van der Waals surface area contributed by atoms with E-state index in [1.165, 1.54) is 0 Å². The Morgan fingerprint density at radius 3 is 2.47 bits per heavy atom. The van der Waals surface area contributed by atoms with Gasteiger partial charge in [0, 0.05) is 36.4 Å². The molecule has 0 bridgehead atoms. The summed E-state index contributed by atoms with van der Waals surface area (Å²) in [6.07, 6.45) is 1.86. The Kier molecular flexibility index (Phi) is 6.53. The summed E-state index contributed by atoms with van der Waals surface area (Å²) in [7, 11) is 4.65. The molecule has 0 saturated carbocycles. The number of aromatic nitrogens is 1. The fraction of sp³-hybridized carbons (Fsp3) is 0.286. The van der Waals surface area contributed by atoms with E-state index in [9.17, 15) is 4.79 Å². The quantitative estimate of drug-likeness (QED) is 0.431. The second-order valence-corrected chi connectivity index (χ2v) is 6.37. The molecule has 158 valence electrons. The Bertz CT molecular complexity index is 1070. The smallest absolute Gasteiger partial charge is 0.241 e. The summed E-state index contributed by atoms with van der Waals surface area (Å²) in [6, 6.07) is 7.19. The van der Waals surface area contributed by atoms with Gasteiger partial charge in [-0.1, -0.05) is 0 Å². The average Bonchev–Trinajstić information content (AvgIpc) is 3.21. The van der Waals surface area contributed by atoms with Crippen LogP contribution in [0.1, 0.15) is 18.9 Å². The molecule has 2 aromatic heterocycles. The number of carbonyl (C=O) groups is 1. The molecule has 9 nitrogen and oxygen atoms in total. The highest BCUT2D eigenvalue weighted by Gasteiger charge is 2.18. The van der Waals surface area contributed by atoms with Crippen LogP contribution in [0.4, 0.5) is 0 Å². The molecular weight excluding hydrogens is 388 g/mol. The number of nitrogens with zero attached hydrogens (tertiary/aromatic N) is 2. The zero-order valence-electron chi connectivity index (χ0n) is 17.3. The molecule has 0 fully saturated rings. The van der Waals surface area contributed by atoms with Gasteiger partial charge in [-0.15, -0.1) is 0 Å². The first-order valence-electron chi connectivity index (χ1n) is 9.24. The fourth-order valence-electron chi connectivity index (χ4n) is 2.98. The topological polar surface area (TPSA) is 121 Å². The molecule has 9 heteroatoms. The van der Waals surface area contributed by atoms with Crippen LogP contribution in [0.5, 0.6) is 17.2 Å². The van der Waals surface area contributed by atoms with Crippen LogP contribution in [0.3, 0.4) is 0 Å². The van der Waals surface area contributed by atoms with E-state index in [2.05, 4.69) is 15.5 Å². The van der Waals surface area contributed by atoms with Gasteiger partial charge in [0.15, 0.2) is 17.1 Å². The number of ether oxygens (including phenoxy) is 3. The van der Waals surface area contributed by atoms with Crippen LogP contribution in [-0.4, -0.2) is 44.5 Å². The third-order valence-electron chi connectivity index (χ3n) is 4.47. The monoisotopic (exact) mass is 412 g/mol. The SMILES string of the molecule is COc1cc(-c2cc3nccc(/C(C)=N/NC(=O)CCN)c3o2)cc(OC)c1OC. The molecule has 0 aliphatic heterocycles. The lowest BCUT2D eigenvalue weighted by Crippen LogP contribution is -2.22. The van der Waals surface area contributed by atoms with Crippen molar-refractivity contribution in [3.8, 4) is 28.6 Å². The zero-order valence-corrected chi connectivity index (χ0v) is 17.3. The maximum Gasteiger partial charge on any atom is 0.241 e. The molecule has 1 amide bonds. The third-order valence-corrected chi connectivity index (χ3v) is 4.47. The van der Waals surface area contributed by atoms with Crippen molar-refractivity contribution in [1.82, 2.24) is 10.4 Å². The Balaban J connectivity index is 2.04. The predicted octanol–water partition coefficient (Wildman–Crippen LogP) is 2.71. The number of hydrogen-bond acceptors (Lipinski definition) is 8. The summed E-state index contributed by atoms with van der Waals surface area (Å²) in [6.45, 7) is 2.04. The standard InChI is InChI=1S/C21H24N4O5/c1-12(24-25-19(26)5-7-22)14-6-8-23-15-11-16(30-20(14)15)13-9-17(27-2)21(29-4)18(10-13)28-3/h6,8-11H,5,7,22H2,1-4H3,(H,25,26)/b24-12+. The number of amides is 1. The molecule has 0 spiro atoms. The lowest BCUT2D eigenvalue weighted by atomic mass is 10.1. The van der Waals surface area contributed by atoms with E-state index >= 15 is 0 Å². The molecule has 1 aromatic carbocycles. The molecule has 0 atom stereocenters. The number of hydrogen-bond donors (Lipinski definition) is 2. The number of benzene rings is 1. The molecule has 0 unspecified atom stereocenters. The van der Waals surface area contributed by atoms with Crippen LogP contribution in [0.15, 0.2) is 40.0 Å². The van der Waals surface area contributed by atoms with Crippen molar-refractivity contribution in [1.29, 1.82) is 0 Å². The predicted molar refractivity (Wildman–Crippen MR) is 113 cm³/mol. The minimum atomic E-state index is -0.250. The minimum Gasteiger partial charge on any atom is -0.493 e. The van der Waals surface area contributed by atoms with Crippen LogP contribution < -0.4 is 25.4 Å². The van der Waals surface area contributed by atoms with Gasteiger partial charge in [0.1, 0.15) is 11.3 Å². The molecule has 0 radical (unpaired) electrons. The number of nitrogens with one attached hydrogen (secondary N) is 1. The van der Waals surface area contributed by atoms with Crippen molar-refractivity contribution in [2.75, 3.05) is 27.9 Å². The van der Waals surface area contributed by atoms with E-state index in [1.54, 1.807) is 52.6 Å². The average molecular weight is 412 g/mol. The molecule has 3 rings (SSSR count). The number of pyridine rings is 1. The van der Waals surface area contributed by atoms with Gasteiger partial charge in [-0.25, -0.2) is 5.43 Å². The second kappa shape index (κ2) is 9.27. The third kappa shape index (κ3) is 4.20. The van der Waals surface area contributed by atoms with Crippen LogP contribution >= 0.6 is 0 Å². The minimum absolute atomic E-state index is 0.203. The maximum absolute atomic E-state index is 11.6. The molecule has 0 aliphatic carbocycles. The Morgan fingerprint density at radius 2 is 1.87 bits per heavy atom. The van der Waals surface area contributed by atoms with Crippen LogP contribution in [0, 0.1) is 0 Å². The number of hydrazone groups is 1. The Morgan fingerprint density at radius 1 is 1.17 bits per heavy atom. The summed E-state index contributed by atoms with van der Waals surface area (Å²) in [4.78, 5) is 16.0. The Labute approximate surface area is 173 Å². The number of carbonyl (C=O) groups excluding carboxylic acids is 1. The molecular formula is C21H24N4O5. The number of fused-ring (bicyclic) bond motifs is 1. The first kappa shape index (κ1) is 21.1. The first-order chi connectivity index (χ1) is 14.5. The molecule has 3 aromatic rings. The van der Waals surface area contributed by atoms with Crippen molar-refractivity contribution >= 4 is 22.7 Å². The highest BCUT2D eigenvalue weighted by Crippen LogP contribution is 2.42. The summed E-state index contributed by atoms with van der Waals surface area (Å²) in [5.41, 5.74) is 11.1. The van der Waals surface area contributed by atoms with Crippen molar-refractivity contribution in [3.63, 3.8) is 0 Å². The normalized spacial score (nSPS) is 11.4. The summed E-state index contributed by atoms with van der Waals surface area (Å²) in [5, 5.41) is 4.14. The van der Waals surface area contributed by atoms with E-state index in [0.717, 1.165) is 5.56 Å². The van der Waals surface area contributed by atoms with Crippen molar-refractivity contribution in [2.24, 2.45) is 10.8 Å². The zero-order chi connectivity index (χ0) is 21.7. The molecule has 0 saturated heterocycles. The van der Waals surface area contributed by atoms with E-state index in [0.29, 0.717) is 45.4 Å². The molecule has 30 heavy (non-hydrogen) atoms. The number of methoxy groups -OCH3 is 3. The van der Waals surface area contributed by atoms with Gasteiger partial charge in [0.2, 0.25) is 11.7 Å². The van der Waals surface area contributed by atoms with Crippen LogP contribution in [0.25, 0.3) is 22.4 Å². The van der Waals surface area contributed by atoms with Crippen LogP contribution in [0.2, 0.25) is 0 Å². The lowest BCUT2D eigenvalue weighted by molar-refractivity contribution is -0.120. The van der Waals surface area contributed by atoms with Gasteiger partial charge in [-0.05, 0) is 25.1 Å². The van der Waals surface area contributed by atoms with E-state index in [-0.39, 0.29) is 18.9 Å². The van der Waals surface area contributed by atoms with E-state index in [4.69, 9.17) is 24.4 Å². The number of rotatable bonds is 8. The second-order valence-electron chi connectivity index (χ2n) is 6.37. The van der Waals surface area contributed by atoms with Gasteiger partial charge in [-0.3, -0.25) is 9.78 Å². The molecule has 3 N–H and O–H groups in total.